The number of rotatable bonds is 6. The average Bonchev–Trinajstić information content (AvgIpc) is 2.69. The van der Waals surface area contributed by atoms with Crippen LogP contribution in [0.2, 0.25) is 0 Å². The smallest absolute Gasteiger partial charge is 0.228 e. The Hall–Kier alpha value is -1.73. The molecular formula is C19H31N5O2. The van der Waals surface area contributed by atoms with E-state index >= 15 is 0 Å². The lowest BCUT2D eigenvalue weighted by Crippen LogP contribution is -2.54. The first-order chi connectivity index (χ1) is 12.7. The van der Waals surface area contributed by atoms with Gasteiger partial charge in [-0.15, -0.1) is 0 Å². The van der Waals surface area contributed by atoms with Crippen LogP contribution in [0.5, 0.6) is 0 Å². The van der Waals surface area contributed by atoms with Crippen molar-refractivity contribution < 1.29 is 9.53 Å². The summed E-state index contributed by atoms with van der Waals surface area (Å²) < 4.78 is 5.38. The number of methoxy groups -OCH3 is 1. The SMILES string of the molecule is CCc1cc(N2CCC(NC(=O)C3(COC)CCNCC3)CC2)ncn1. The third-order valence-corrected chi connectivity index (χ3v) is 5.69. The van der Waals surface area contributed by atoms with Crippen LogP contribution in [0.1, 0.15) is 38.3 Å². The lowest BCUT2D eigenvalue weighted by atomic mass is 9.78. The van der Waals surface area contributed by atoms with E-state index in [1.165, 1.54) is 0 Å². The normalized spacial score (nSPS) is 20.8. The van der Waals surface area contributed by atoms with E-state index in [1.54, 1.807) is 13.4 Å². The summed E-state index contributed by atoms with van der Waals surface area (Å²) in [4.78, 5) is 23.9. The van der Waals surface area contributed by atoms with Crippen LogP contribution in [0, 0.1) is 5.41 Å². The Bertz CT molecular complexity index is 590. The fourth-order valence-corrected chi connectivity index (χ4v) is 3.96. The van der Waals surface area contributed by atoms with Crippen molar-refractivity contribution in [2.75, 3.05) is 44.8 Å². The lowest BCUT2D eigenvalue weighted by molar-refractivity contribution is -0.137. The van der Waals surface area contributed by atoms with Gasteiger partial charge < -0.3 is 20.3 Å². The molecule has 0 atom stereocenters. The molecule has 0 saturated carbocycles. The summed E-state index contributed by atoms with van der Waals surface area (Å²) in [7, 11) is 1.68. The van der Waals surface area contributed by atoms with Crippen molar-refractivity contribution >= 4 is 11.7 Å². The molecule has 2 aliphatic heterocycles. The van der Waals surface area contributed by atoms with Gasteiger partial charge in [-0.3, -0.25) is 4.79 Å². The van der Waals surface area contributed by atoms with E-state index in [-0.39, 0.29) is 17.4 Å². The maximum atomic E-state index is 13.0. The summed E-state index contributed by atoms with van der Waals surface area (Å²) in [6, 6.07) is 2.30. The van der Waals surface area contributed by atoms with Gasteiger partial charge in [-0.25, -0.2) is 9.97 Å². The number of piperidine rings is 2. The summed E-state index contributed by atoms with van der Waals surface area (Å²) in [5, 5.41) is 6.64. The number of aromatic nitrogens is 2. The topological polar surface area (TPSA) is 79.4 Å². The molecule has 0 aromatic carbocycles. The molecule has 26 heavy (non-hydrogen) atoms. The van der Waals surface area contributed by atoms with Gasteiger partial charge in [-0.05, 0) is 45.2 Å². The van der Waals surface area contributed by atoms with Crippen LogP contribution in [0.15, 0.2) is 12.4 Å². The van der Waals surface area contributed by atoms with E-state index < -0.39 is 0 Å². The lowest BCUT2D eigenvalue weighted by Gasteiger charge is -2.39. The predicted octanol–water partition coefficient (Wildman–Crippen LogP) is 1.14. The van der Waals surface area contributed by atoms with Crippen LogP contribution in [0.4, 0.5) is 5.82 Å². The zero-order valence-corrected chi connectivity index (χ0v) is 16.0. The monoisotopic (exact) mass is 361 g/mol. The molecule has 0 bridgehead atoms. The number of amides is 1. The molecule has 1 aromatic rings. The zero-order valence-electron chi connectivity index (χ0n) is 16.0. The van der Waals surface area contributed by atoms with Crippen molar-refractivity contribution in [1.82, 2.24) is 20.6 Å². The molecule has 2 N–H and O–H groups in total. The molecule has 0 unspecified atom stereocenters. The standard InChI is InChI=1S/C19H31N5O2/c1-3-15-12-17(22-14-21-15)24-10-4-16(5-11-24)23-18(25)19(13-26-2)6-8-20-9-7-19/h12,14,16,20H,3-11,13H2,1-2H3,(H,23,25). The van der Waals surface area contributed by atoms with Gasteiger partial charge in [-0.2, -0.15) is 0 Å². The molecule has 2 saturated heterocycles. The maximum Gasteiger partial charge on any atom is 0.228 e. The zero-order chi connectivity index (χ0) is 18.4. The van der Waals surface area contributed by atoms with Crippen LogP contribution in [0.3, 0.4) is 0 Å². The van der Waals surface area contributed by atoms with Crippen molar-refractivity contribution in [3.8, 4) is 0 Å². The molecule has 0 aliphatic carbocycles. The number of aryl methyl sites for hydroxylation is 1. The molecule has 2 aliphatic rings. The second kappa shape index (κ2) is 8.77. The first kappa shape index (κ1) is 19.0. The minimum atomic E-state index is -0.375. The first-order valence-corrected chi connectivity index (χ1v) is 9.73. The highest BCUT2D eigenvalue weighted by atomic mass is 16.5. The minimum absolute atomic E-state index is 0.162. The van der Waals surface area contributed by atoms with E-state index in [0.717, 1.165) is 69.8 Å². The Labute approximate surface area is 155 Å². The highest BCUT2D eigenvalue weighted by Gasteiger charge is 2.40. The summed E-state index contributed by atoms with van der Waals surface area (Å²) in [6.45, 7) is 6.17. The number of carbonyl (C=O) groups excluding carboxylic acids is 1. The first-order valence-electron chi connectivity index (χ1n) is 9.73. The van der Waals surface area contributed by atoms with E-state index in [0.29, 0.717) is 6.61 Å². The number of hydrogen-bond donors (Lipinski definition) is 2. The Balaban J connectivity index is 1.55. The van der Waals surface area contributed by atoms with Gasteiger partial charge in [0.05, 0.1) is 12.0 Å². The van der Waals surface area contributed by atoms with Crippen LogP contribution in [0.25, 0.3) is 0 Å². The van der Waals surface area contributed by atoms with Crippen LogP contribution in [-0.4, -0.2) is 61.8 Å². The van der Waals surface area contributed by atoms with Crippen molar-refractivity contribution in [2.24, 2.45) is 5.41 Å². The average molecular weight is 361 g/mol. The Morgan fingerprint density at radius 1 is 1.35 bits per heavy atom. The van der Waals surface area contributed by atoms with Gasteiger partial charge in [0.25, 0.3) is 0 Å². The maximum absolute atomic E-state index is 13.0. The Morgan fingerprint density at radius 3 is 2.73 bits per heavy atom. The number of carbonyl (C=O) groups is 1. The largest absolute Gasteiger partial charge is 0.384 e. The fourth-order valence-electron chi connectivity index (χ4n) is 3.96. The van der Waals surface area contributed by atoms with E-state index in [2.05, 4.69) is 38.5 Å². The Morgan fingerprint density at radius 2 is 2.08 bits per heavy atom. The van der Waals surface area contributed by atoms with Crippen LogP contribution in [-0.2, 0) is 16.0 Å². The predicted molar refractivity (Wildman–Crippen MR) is 101 cm³/mol. The van der Waals surface area contributed by atoms with E-state index in [4.69, 9.17) is 4.74 Å². The molecule has 2 fully saturated rings. The highest BCUT2D eigenvalue weighted by Crippen LogP contribution is 2.30. The van der Waals surface area contributed by atoms with E-state index in [9.17, 15) is 4.79 Å². The third kappa shape index (κ3) is 4.32. The molecular weight excluding hydrogens is 330 g/mol. The minimum Gasteiger partial charge on any atom is -0.384 e. The van der Waals surface area contributed by atoms with Gasteiger partial charge in [0.2, 0.25) is 5.91 Å². The number of nitrogens with zero attached hydrogens (tertiary/aromatic N) is 3. The fraction of sp³-hybridized carbons (Fsp3) is 0.737. The van der Waals surface area contributed by atoms with Gasteiger partial charge in [0, 0.05) is 38.0 Å². The summed E-state index contributed by atoms with van der Waals surface area (Å²) in [5.74, 6) is 1.16. The van der Waals surface area contributed by atoms with Crippen molar-refractivity contribution in [1.29, 1.82) is 0 Å². The third-order valence-electron chi connectivity index (χ3n) is 5.69. The quantitative estimate of drug-likeness (QED) is 0.791. The number of ether oxygens (including phenoxy) is 1. The molecule has 7 heteroatoms. The molecule has 3 rings (SSSR count). The summed E-state index contributed by atoms with van der Waals surface area (Å²) >= 11 is 0. The highest BCUT2D eigenvalue weighted by molar-refractivity contribution is 5.83. The molecule has 1 amide bonds. The van der Waals surface area contributed by atoms with Gasteiger partial charge >= 0.3 is 0 Å². The summed E-state index contributed by atoms with van der Waals surface area (Å²) in [6.07, 6.45) is 6.13. The number of anilines is 1. The second-order valence-electron chi connectivity index (χ2n) is 7.42. The molecule has 3 heterocycles. The molecule has 7 nitrogen and oxygen atoms in total. The van der Waals surface area contributed by atoms with Crippen LogP contribution < -0.4 is 15.5 Å². The second-order valence-corrected chi connectivity index (χ2v) is 7.42. The van der Waals surface area contributed by atoms with E-state index in [1.807, 2.05) is 0 Å². The number of nitrogens with one attached hydrogen (secondary N) is 2. The molecule has 0 radical (unpaired) electrons. The Kier molecular flexibility index (Phi) is 6.43. The van der Waals surface area contributed by atoms with Gasteiger partial charge in [-0.1, -0.05) is 6.92 Å². The van der Waals surface area contributed by atoms with Crippen LogP contribution >= 0.6 is 0 Å². The number of hydrogen-bond acceptors (Lipinski definition) is 6. The summed E-state index contributed by atoms with van der Waals surface area (Å²) in [5.41, 5.74) is 0.692. The van der Waals surface area contributed by atoms with Crippen molar-refractivity contribution in [2.45, 2.75) is 45.1 Å². The van der Waals surface area contributed by atoms with Crippen molar-refractivity contribution in [3.63, 3.8) is 0 Å². The van der Waals surface area contributed by atoms with Gasteiger partial charge in [0.15, 0.2) is 0 Å². The molecule has 0 spiro atoms. The molecule has 144 valence electrons. The molecule has 1 aromatic heterocycles. The van der Waals surface area contributed by atoms with Crippen molar-refractivity contribution in [3.05, 3.63) is 18.1 Å². The van der Waals surface area contributed by atoms with Gasteiger partial charge in [0.1, 0.15) is 12.1 Å².